The van der Waals surface area contributed by atoms with E-state index in [2.05, 4.69) is 16.3 Å². The second kappa shape index (κ2) is 7.65. The zero-order valence-electron chi connectivity index (χ0n) is 11.7. The highest BCUT2D eigenvalue weighted by atomic mass is 32.1. The maximum Gasteiger partial charge on any atom is 0.220 e. The predicted molar refractivity (Wildman–Crippen MR) is 80.4 cm³/mol. The number of rotatable bonds is 6. The summed E-state index contributed by atoms with van der Waals surface area (Å²) in [4.78, 5) is 15.6. The number of carbonyl (C=O) groups is 1. The number of hydrogen-bond acceptors (Lipinski definition) is 3. The SMILES string of the molecule is CC(NC(=O)CCCN1CCCCC1)c1cccs1. The van der Waals surface area contributed by atoms with Crippen molar-refractivity contribution < 1.29 is 4.79 Å². The van der Waals surface area contributed by atoms with Crippen LogP contribution in [0.25, 0.3) is 0 Å². The molecule has 1 N–H and O–H groups in total. The molecule has 2 rings (SSSR count). The van der Waals surface area contributed by atoms with E-state index in [1.165, 1.54) is 37.2 Å². The number of carbonyl (C=O) groups excluding carboxylic acids is 1. The van der Waals surface area contributed by atoms with E-state index < -0.39 is 0 Å². The first-order valence-corrected chi connectivity index (χ1v) is 8.19. The van der Waals surface area contributed by atoms with Crippen LogP contribution in [0.3, 0.4) is 0 Å². The van der Waals surface area contributed by atoms with Crippen LogP contribution in [0.4, 0.5) is 0 Å². The van der Waals surface area contributed by atoms with Crippen molar-refractivity contribution in [3.63, 3.8) is 0 Å². The van der Waals surface area contributed by atoms with Crippen LogP contribution in [0.5, 0.6) is 0 Å². The van der Waals surface area contributed by atoms with Crippen LogP contribution in [0.1, 0.15) is 49.9 Å². The fourth-order valence-electron chi connectivity index (χ4n) is 2.57. The number of amides is 1. The van der Waals surface area contributed by atoms with Crippen LogP contribution in [0.15, 0.2) is 17.5 Å². The van der Waals surface area contributed by atoms with E-state index in [9.17, 15) is 4.79 Å². The molecule has 1 fully saturated rings. The summed E-state index contributed by atoms with van der Waals surface area (Å²) in [6.45, 7) is 5.55. The average Bonchev–Trinajstić information content (AvgIpc) is 2.94. The molecule has 4 heteroatoms. The zero-order valence-corrected chi connectivity index (χ0v) is 12.5. The molecule has 1 amide bonds. The third-order valence-electron chi connectivity index (χ3n) is 3.67. The zero-order chi connectivity index (χ0) is 13.5. The standard InChI is InChI=1S/C15H24N2OS/c1-13(14-7-6-12-19-14)16-15(18)8-5-11-17-9-3-2-4-10-17/h6-7,12-13H,2-5,8-11H2,1H3,(H,16,18). The Kier molecular flexibility index (Phi) is 5.86. The Morgan fingerprint density at radius 1 is 1.42 bits per heavy atom. The molecule has 0 saturated carbocycles. The largest absolute Gasteiger partial charge is 0.349 e. The summed E-state index contributed by atoms with van der Waals surface area (Å²) in [7, 11) is 0. The fraction of sp³-hybridized carbons (Fsp3) is 0.667. The van der Waals surface area contributed by atoms with Gasteiger partial charge in [-0.25, -0.2) is 0 Å². The van der Waals surface area contributed by atoms with Gasteiger partial charge in [-0.2, -0.15) is 0 Å². The van der Waals surface area contributed by atoms with Crippen molar-refractivity contribution >= 4 is 17.2 Å². The summed E-state index contributed by atoms with van der Waals surface area (Å²) < 4.78 is 0. The summed E-state index contributed by atoms with van der Waals surface area (Å²) in [5, 5.41) is 5.12. The Balaban J connectivity index is 1.61. The molecule has 1 aromatic heterocycles. The van der Waals surface area contributed by atoms with Gasteiger partial charge in [0.2, 0.25) is 5.91 Å². The van der Waals surface area contributed by atoms with Crippen molar-refractivity contribution in [2.45, 2.75) is 45.1 Å². The van der Waals surface area contributed by atoms with Gasteiger partial charge in [0.25, 0.3) is 0 Å². The smallest absolute Gasteiger partial charge is 0.220 e. The Morgan fingerprint density at radius 2 is 2.21 bits per heavy atom. The van der Waals surface area contributed by atoms with Gasteiger partial charge in [0.05, 0.1) is 6.04 Å². The second-order valence-electron chi connectivity index (χ2n) is 5.31. The lowest BCUT2D eigenvalue weighted by Crippen LogP contribution is -2.32. The third kappa shape index (κ3) is 4.96. The van der Waals surface area contributed by atoms with Crippen LogP contribution >= 0.6 is 11.3 Å². The summed E-state index contributed by atoms with van der Waals surface area (Å²) in [5.74, 6) is 0.179. The lowest BCUT2D eigenvalue weighted by atomic mass is 10.1. The Morgan fingerprint density at radius 3 is 2.89 bits per heavy atom. The van der Waals surface area contributed by atoms with Gasteiger partial charge in [-0.3, -0.25) is 4.79 Å². The average molecular weight is 280 g/mol. The molecule has 1 aliphatic heterocycles. The van der Waals surface area contributed by atoms with Crippen LogP contribution < -0.4 is 5.32 Å². The number of nitrogens with one attached hydrogen (secondary N) is 1. The molecule has 1 atom stereocenters. The van der Waals surface area contributed by atoms with Crippen molar-refractivity contribution in [1.29, 1.82) is 0 Å². The predicted octanol–water partition coefficient (Wildman–Crippen LogP) is 3.19. The van der Waals surface area contributed by atoms with Crippen molar-refractivity contribution in [3.05, 3.63) is 22.4 Å². The first kappa shape index (κ1) is 14.5. The Labute approximate surface area is 120 Å². The molecule has 3 nitrogen and oxygen atoms in total. The number of hydrogen-bond donors (Lipinski definition) is 1. The molecule has 0 radical (unpaired) electrons. The van der Waals surface area contributed by atoms with E-state index in [1.807, 2.05) is 18.4 Å². The van der Waals surface area contributed by atoms with Gasteiger partial charge in [0.1, 0.15) is 0 Å². The monoisotopic (exact) mass is 280 g/mol. The van der Waals surface area contributed by atoms with Crippen LogP contribution in [-0.4, -0.2) is 30.4 Å². The van der Waals surface area contributed by atoms with E-state index >= 15 is 0 Å². The number of piperidine rings is 1. The van der Waals surface area contributed by atoms with Crippen molar-refractivity contribution in [1.82, 2.24) is 10.2 Å². The number of likely N-dealkylation sites (tertiary alicyclic amines) is 1. The molecule has 2 heterocycles. The first-order chi connectivity index (χ1) is 9.25. The molecule has 0 bridgehead atoms. The topological polar surface area (TPSA) is 32.3 Å². The maximum absolute atomic E-state index is 11.9. The summed E-state index contributed by atoms with van der Waals surface area (Å²) in [6, 6.07) is 4.24. The van der Waals surface area contributed by atoms with Crippen molar-refractivity contribution in [2.24, 2.45) is 0 Å². The summed E-state index contributed by atoms with van der Waals surface area (Å²) >= 11 is 1.70. The van der Waals surface area contributed by atoms with Gasteiger partial charge < -0.3 is 10.2 Å². The Bertz CT molecular complexity index is 372. The van der Waals surface area contributed by atoms with E-state index in [0.29, 0.717) is 6.42 Å². The minimum Gasteiger partial charge on any atom is -0.349 e. The van der Waals surface area contributed by atoms with Gasteiger partial charge in [0, 0.05) is 11.3 Å². The molecule has 106 valence electrons. The third-order valence-corrected chi connectivity index (χ3v) is 4.73. The van der Waals surface area contributed by atoms with Crippen molar-refractivity contribution in [3.8, 4) is 0 Å². The van der Waals surface area contributed by atoms with Crippen LogP contribution in [-0.2, 0) is 4.79 Å². The molecule has 0 aromatic carbocycles. The maximum atomic E-state index is 11.9. The summed E-state index contributed by atoms with van der Waals surface area (Å²) in [6.07, 6.45) is 5.63. The highest BCUT2D eigenvalue weighted by Gasteiger charge is 2.12. The molecule has 1 saturated heterocycles. The molecule has 1 unspecified atom stereocenters. The van der Waals surface area contributed by atoms with Gasteiger partial charge in [-0.15, -0.1) is 11.3 Å². The molecular weight excluding hydrogens is 256 g/mol. The minimum absolute atomic E-state index is 0.141. The highest BCUT2D eigenvalue weighted by molar-refractivity contribution is 7.10. The molecule has 1 aromatic rings. The van der Waals surface area contributed by atoms with E-state index in [-0.39, 0.29) is 11.9 Å². The molecule has 19 heavy (non-hydrogen) atoms. The summed E-state index contributed by atoms with van der Waals surface area (Å²) in [5.41, 5.74) is 0. The molecule has 0 aliphatic carbocycles. The van der Waals surface area contributed by atoms with E-state index in [0.717, 1.165) is 13.0 Å². The van der Waals surface area contributed by atoms with Gasteiger partial charge in [-0.05, 0) is 57.3 Å². The Hall–Kier alpha value is -0.870. The molecular formula is C15H24N2OS. The molecule has 1 aliphatic rings. The lowest BCUT2D eigenvalue weighted by Gasteiger charge is -2.26. The number of nitrogens with zero attached hydrogens (tertiary/aromatic N) is 1. The second-order valence-corrected chi connectivity index (χ2v) is 6.29. The fourth-order valence-corrected chi connectivity index (χ4v) is 3.30. The minimum atomic E-state index is 0.141. The first-order valence-electron chi connectivity index (χ1n) is 7.31. The molecule has 0 spiro atoms. The van der Waals surface area contributed by atoms with E-state index in [1.54, 1.807) is 11.3 Å². The quantitative estimate of drug-likeness (QED) is 0.868. The lowest BCUT2D eigenvalue weighted by molar-refractivity contribution is -0.121. The van der Waals surface area contributed by atoms with Crippen LogP contribution in [0.2, 0.25) is 0 Å². The number of thiophene rings is 1. The highest BCUT2D eigenvalue weighted by Crippen LogP contribution is 2.18. The normalized spacial score (nSPS) is 18.2. The van der Waals surface area contributed by atoms with E-state index in [4.69, 9.17) is 0 Å². The van der Waals surface area contributed by atoms with Gasteiger partial charge >= 0.3 is 0 Å². The van der Waals surface area contributed by atoms with Gasteiger partial charge in [-0.1, -0.05) is 12.5 Å². The van der Waals surface area contributed by atoms with Crippen LogP contribution in [0, 0.1) is 0 Å². The van der Waals surface area contributed by atoms with Gasteiger partial charge in [0.15, 0.2) is 0 Å². The van der Waals surface area contributed by atoms with Crippen molar-refractivity contribution in [2.75, 3.05) is 19.6 Å².